The van der Waals surface area contributed by atoms with Gasteiger partial charge in [0.15, 0.2) is 0 Å². The largest absolute Gasteiger partial charge is 0.340 e. The van der Waals surface area contributed by atoms with Gasteiger partial charge in [0, 0.05) is 6.54 Å². The van der Waals surface area contributed by atoms with Crippen molar-refractivity contribution < 1.29 is 9.59 Å². The number of rotatable bonds is 0. The van der Waals surface area contributed by atoms with E-state index in [0.717, 1.165) is 45.1 Å². The number of piperazine rings is 1. The number of nitrogens with one attached hydrogen (secondary N) is 1. The van der Waals surface area contributed by atoms with E-state index in [1.165, 1.54) is 0 Å². The highest BCUT2D eigenvalue weighted by atomic mass is 16.2. The fraction of sp³-hybridized carbons (Fsp3) is 0.833. The number of hydrogen-bond acceptors (Lipinski definition) is 2. The summed E-state index contributed by atoms with van der Waals surface area (Å²) >= 11 is 0. The van der Waals surface area contributed by atoms with Crippen molar-refractivity contribution in [2.24, 2.45) is 0 Å². The Morgan fingerprint density at radius 3 is 2.50 bits per heavy atom. The molecule has 1 atom stereocenters. The highest BCUT2D eigenvalue weighted by molar-refractivity contribution is 6.02. The van der Waals surface area contributed by atoms with Gasteiger partial charge in [0.05, 0.1) is 0 Å². The Balaban J connectivity index is 1.99. The molecule has 2 amide bonds. The van der Waals surface area contributed by atoms with E-state index in [1.807, 2.05) is 11.8 Å². The summed E-state index contributed by atoms with van der Waals surface area (Å²) in [6, 6.07) is 0. The van der Waals surface area contributed by atoms with Gasteiger partial charge in [-0.2, -0.15) is 0 Å². The van der Waals surface area contributed by atoms with Crippen LogP contribution in [0.2, 0.25) is 0 Å². The Morgan fingerprint density at radius 2 is 1.81 bits per heavy atom. The van der Waals surface area contributed by atoms with Gasteiger partial charge in [-0.25, -0.2) is 0 Å². The second-order valence-electron chi connectivity index (χ2n) is 5.58. The first-order valence-corrected chi connectivity index (χ1v) is 6.23. The monoisotopic (exact) mass is 222 g/mol. The van der Waals surface area contributed by atoms with E-state index < -0.39 is 11.1 Å². The van der Waals surface area contributed by atoms with Crippen molar-refractivity contribution in [3.63, 3.8) is 0 Å². The minimum absolute atomic E-state index is 0.0616. The molecule has 88 valence electrons. The number of carbonyl (C=O) groups excluding carboxylic acids is 2. The Kier molecular flexibility index (Phi) is 1.89. The molecule has 4 heteroatoms. The molecule has 3 rings (SSSR count). The Hall–Kier alpha value is -1.06. The van der Waals surface area contributed by atoms with Crippen molar-refractivity contribution in [3.8, 4) is 0 Å². The quantitative estimate of drug-likeness (QED) is 0.659. The first kappa shape index (κ1) is 10.1. The molecule has 0 aromatic rings. The first-order valence-electron chi connectivity index (χ1n) is 6.23. The fourth-order valence-corrected chi connectivity index (χ4v) is 3.51. The summed E-state index contributed by atoms with van der Waals surface area (Å²) in [5.74, 6) is 0.233. The highest BCUT2D eigenvalue weighted by Crippen LogP contribution is 2.41. The molecule has 16 heavy (non-hydrogen) atoms. The van der Waals surface area contributed by atoms with Crippen LogP contribution in [0.15, 0.2) is 0 Å². The average Bonchev–Trinajstić information content (AvgIpc) is 2.84. The maximum Gasteiger partial charge on any atom is 0.249 e. The molecule has 3 aliphatic rings. The maximum atomic E-state index is 12.5. The van der Waals surface area contributed by atoms with E-state index in [1.54, 1.807) is 0 Å². The highest BCUT2D eigenvalue weighted by Gasteiger charge is 2.58. The van der Waals surface area contributed by atoms with Crippen molar-refractivity contribution in [2.45, 2.75) is 56.5 Å². The number of hydrogen-bond donors (Lipinski definition) is 1. The zero-order valence-electron chi connectivity index (χ0n) is 9.71. The lowest BCUT2D eigenvalue weighted by molar-refractivity contribution is -0.158. The molecule has 0 aromatic carbocycles. The van der Waals surface area contributed by atoms with Crippen LogP contribution >= 0.6 is 0 Å². The Bertz CT molecular complexity index is 360. The summed E-state index contributed by atoms with van der Waals surface area (Å²) in [6.07, 6.45) is 5.51. The van der Waals surface area contributed by atoms with Gasteiger partial charge < -0.3 is 10.2 Å². The molecular weight excluding hydrogens is 204 g/mol. The molecule has 0 radical (unpaired) electrons. The molecule has 4 nitrogen and oxygen atoms in total. The van der Waals surface area contributed by atoms with Gasteiger partial charge >= 0.3 is 0 Å². The van der Waals surface area contributed by atoms with Crippen LogP contribution in [0.4, 0.5) is 0 Å². The Labute approximate surface area is 95.4 Å². The fourth-order valence-electron chi connectivity index (χ4n) is 3.51. The minimum atomic E-state index is -0.565. The van der Waals surface area contributed by atoms with Gasteiger partial charge in [0.2, 0.25) is 11.8 Å². The molecule has 1 unspecified atom stereocenters. The van der Waals surface area contributed by atoms with E-state index in [-0.39, 0.29) is 11.8 Å². The predicted octanol–water partition coefficient (Wildman–Crippen LogP) is 0.810. The molecule has 3 fully saturated rings. The lowest BCUT2D eigenvalue weighted by Crippen LogP contribution is -2.72. The zero-order valence-corrected chi connectivity index (χ0v) is 9.71. The van der Waals surface area contributed by atoms with Gasteiger partial charge in [-0.15, -0.1) is 0 Å². The second kappa shape index (κ2) is 2.99. The zero-order chi connectivity index (χ0) is 11.4. The topological polar surface area (TPSA) is 49.4 Å². The van der Waals surface area contributed by atoms with Crippen LogP contribution in [0.25, 0.3) is 0 Å². The number of nitrogens with zero attached hydrogens (tertiary/aromatic N) is 1. The summed E-state index contributed by atoms with van der Waals surface area (Å²) < 4.78 is 0. The summed E-state index contributed by atoms with van der Waals surface area (Å²) in [4.78, 5) is 26.5. The molecule has 2 saturated heterocycles. The van der Waals surface area contributed by atoms with Crippen LogP contribution in [-0.4, -0.2) is 34.3 Å². The van der Waals surface area contributed by atoms with Crippen molar-refractivity contribution in [2.75, 3.05) is 6.54 Å². The van der Waals surface area contributed by atoms with Gasteiger partial charge in [0.1, 0.15) is 11.1 Å². The number of fused-ring (bicyclic) bond motifs is 1. The molecule has 0 bridgehead atoms. The SMILES string of the molecule is CC12CCCN1C(=O)C1(CCCC1)NC2=O. The van der Waals surface area contributed by atoms with Gasteiger partial charge in [-0.05, 0) is 32.6 Å². The summed E-state index contributed by atoms with van der Waals surface area (Å²) in [5, 5.41) is 3.02. The van der Waals surface area contributed by atoms with Crippen LogP contribution in [0, 0.1) is 0 Å². The third-order valence-electron chi connectivity index (χ3n) is 4.59. The van der Waals surface area contributed by atoms with E-state index in [0.29, 0.717) is 0 Å². The van der Waals surface area contributed by atoms with Gasteiger partial charge in [-0.3, -0.25) is 9.59 Å². The van der Waals surface area contributed by atoms with E-state index in [2.05, 4.69) is 5.32 Å². The lowest BCUT2D eigenvalue weighted by Gasteiger charge is -2.46. The molecule has 1 saturated carbocycles. The van der Waals surface area contributed by atoms with Crippen LogP contribution in [0.3, 0.4) is 0 Å². The standard InChI is InChI=1S/C12H18N2O2/c1-11-5-4-8-14(11)10(16)12(13-9(11)15)6-2-3-7-12/h2-8H2,1H3,(H,13,15). The second-order valence-corrected chi connectivity index (χ2v) is 5.58. The molecular formula is C12H18N2O2. The van der Waals surface area contributed by atoms with Gasteiger partial charge in [-0.1, -0.05) is 12.8 Å². The molecule has 0 aromatic heterocycles. The summed E-state index contributed by atoms with van der Waals surface area (Å²) in [6.45, 7) is 2.65. The Morgan fingerprint density at radius 1 is 1.12 bits per heavy atom. The van der Waals surface area contributed by atoms with E-state index in [9.17, 15) is 9.59 Å². The number of carbonyl (C=O) groups is 2. The van der Waals surface area contributed by atoms with Crippen molar-refractivity contribution in [3.05, 3.63) is 0 Å². The van der Waals surface area contributed by atoms with Crippen molar-refractivity contribution >= 4 is 11.8 Å². The van der Waals surface area contributed by atoms with Crippen LogP contribution in [0.1, 0.15) is 45.4 Å². The molecule has 1 spiro atoms. The molecule has 2 aliphatic heterocycles. The third-order valence-corrected chi connectivity index (χ3v) is 4.59. The van der Waals surface area contributed by atoms with Crippen LogP contribution in [0.5, 0.6) is 0 Å². The van der Waals surface area contributed by atoms with Crippen LogP contribution < -0.4 is 5.32 Å². The van der Waals surface area contributed by atoms with Crippen molar-refractivity contribution in [1.82, 2.24) is 10.2 Å². The molecule has 1 N–H and O–H groups in total. The van der Waals surface area contributed by atoms with E-state index in [4.69, 9.17) is 0 Å². The maximum absolute atomic E-state index is 12.5. The smallest absolute Gasteiger partial charge is 0.249 e. The summed E-state index contributed by atoms with van der Waals surface area (Å²) in [5.41, 5.74) is -1.11. The van der Waals surface area contributed by atoms with E-state index >= 15 is 0 Å². The number of amides is 2. The third kappa shape index (κ3) is 1.05. The first-order chi connectivity index (χ1) is 7.58. The van der Waals surface area contributed by atoms with Crippen molar-refractivity contribution in [1.29, 1.82) is 0 Å². The average molecular weight is 222 g/mol. The summed E-state index contributed by atoms with van der Waals surface area (Å²) in [7, 11) is 0. The normalized spacial score (nSPS) is 36.7. The van der Waals surface area contributed by atoms with Crippen LogP contribution in [-0.2, 0) is 9.59 Å². The predicted molar refractivity (Wildman–Crippen MR) is 58.7 cm³/mol. The lowest BCUT2D eigenvalue weighted by atomic mass is 9.85. The van der Waals surface area contributed by atoms with Gasteiger partial charge in [0.25, 0.3) is 0 Å². The molecule has 1 aliphatic carbocycles. The molecule has 2 heterocycles. The minimum Gasteiger partial charge on any atom is -0.340 e.